The summed E-state index contributed by atoms with van der Waals surface area (Å²) >= 11 is 0. The number of fused-ring (bicyclic) bond motifs is 7. The summed E-state index contributed by atoms with van der Waals surface area (Å²) in [5, 5.41) is 12.1. The van der Waals surface area contributed by atoms with Gasteiger partial charge in [-0.05, 0) is 105 Å². The molecular formula is C43H26. The molecule has 0 nitrogen and oxygen atoms in total. The average Bonchev–Trinajstić information content (AvgIpc) is 3.26. The molecule has 0 aliphatic heterocycles. The van der Waals surface area contributed by atoms with Crippen LogP contribution in [0.25, 0.3) is 88.1 Å². The molecule has 0 aromatic heterocycles. The van der Waals surface area contributed by atoms with Gasteiger partial charge in [0.15, 0.2) is 0 Å². The third kappa shape index (κ3) is 3.05. The van der Waals surface area contributed by atoms with Crippen molar-refractivity contribution < 1.29 is 0 Å². The van der Waals surface area contributed by atoms with Crippen LogP contribution >= 0.6 is 0 Å². The maximum absolute atomic E-state index is 2.43. The van der Waals surface area contributed by atoms with E-state index in [9.17, 15) is 0 Å². The van der Waals surface area contributed by atoms with Gasteiger partial charge in [-0.25, -0.2) is 0 Å². The van der Waals surface area contributed by atoms with Crippen molar-refractivity contribution in [3.05, 3.63) is 156 Å². The normalized spacial score (nSPS) is 13.3. The molecule has 2 aliphatic carbocycles. The van der Waals surface area contributed by atoms with E-state index in [4.69, 9.17) is 0 Å². The minimum atomic E-state index is 0.927. The number of rotatable bonds is 2. The fraction of sp³-hybridized carbons (Fsp3) is 0.0233. The Bertz CT molecular complexity index is 2540. The molecule has 0 saturated carbocycles. The first-order valence-electron chi connectivity index (χ1n) is 15.2. The van der Waals surface area contributed by atoms with Gasteiger partial charge in [0.05, 0.1) is 0 Å². The van der Waals surface area contributed by atoms with E-state index in [1.54, 1.807) is 0 Å². The van der Waals surface area contributed by atoms with Crippen molar-refractivity contribution in [3.8, 4) is 33.4 Å². The van der Waals surface area contributed by atoms with Crippen molar-refractivity contribution in [1.82, 2.24) is 0 Å². The Labute approximate surface area is 249 Å². The summed E-state index contributed by atoms with van der Waals surface area (Å²) in [6, 6.07) is 49.4. The Morgan fingerprint density at radius 3 is 1.65 bits per heavy atom. The predicted octanol–water partition coefficient (Wildman–Crippen LogP) is 10.8. The second kappa shape index (κ2) is 8.53. The highest BCUT2D eigenvalue weighted by atomic mass is 14.3. The molecule has 43 heavy (non-hydrogen) atoms. The highest BCUT2D eigenvalue weighted by Gasteiger charge is 2.31. The second-order valence-electron chi connectivity index (χ2n) is 12.0. The van der Waals surface area contributed by atoms with Gasteiger partial charge in [-0.1, -0.05) is 146 Å². The quantitative estimate of drug-likeness (QED) is 0.151. The van der Waals surface area contributed by atoms with Gasteiger partial charge in [0.1, 0.15) is 0 Å². The summed E-state index contributed by atoms with van der Waals surface area (Å²) in [4.78, 5) is 0. The second-order valence-corrected chi connectivity index (χ2v) is 12.0. The number of benzene rings is 8. The molecule has 8 aromatic carbocycles. The molecule has 0 atom stereocenters. The van der Waals surface area contributed by atoms with Gasteiger partial charge in [-0.15, -0.1) is 0 Å². The fourth-order valence-corrected chi connectivity index (χ4v) is 8.14. The van der Waals surface area contributed by atoms with Crippen LogP contribution in [0.1, 0.15) is 11.1 Å². The minimum Gasteiger partial charge on any atom is -0.0622 e. The molecule has 0 heterocycles. The molecule has 0 heteroatoms. The summed E-state index contributed by atoms with van der Waals surface area (Å²) in [6.45, 7) is 0. The molecule has 0 saturated heterocycles. The Morgan fingerprint density at radius 1 is 0.372 bits per heavy atom. The number of hydrogen-bond donors (Lipinski definition) is 0. The monoisotopic (exact) mass is 542 g/mol. The van der Waals surface area contributed by atoms with Crippen molar-refractivity contribution >= 4 is 54.7 Å². The van der Waals surface area contributed by atoms with Gasteiger partial charge < -0.3 is 0 Å². The average molecular weight is 543 g/mol. The molecular weight excluding hydrogens is 516 g/mol. The first-order chi connectivity index (χ1) is 21.4. The van der Waals surface area contributed by atoms with Gasteiger partial charge in [0.25, 0.3) is 0 Å². The Kier molecular flexibility index (Phi) is 4.59. The van der Waals surface area contributed by atoms with E-state index in [1.165, 1.54) is 98.4 Å². The zero-order chi connectivity index (χ0) is 28.1. The molecule has 2 bridgehead atoms. The summed E-state index contributed by atoms with van der Waals surface area (Å²) in [5.74, 6) is 0. The van der Waals surface area contributed by atoms with Crippen molar-refractivity contribution in [3.63, 3.8) is 0 Å². The van der Waals surface area contributed by atoms with Crippen LogP contribution in [0.15, 0.2) is 140 Å². The van der Waals surface area contributed by atoms with Gasteiger partial charge in [0.2, 0.25) is 0 Å². The van der Waals surface area contributed by atoms with Crippen LogP contribution in [0.3, 0.4) is 0 Å². The maximum Gasteiger partial charge on any atom is -0.000682 e. The largest absolute Gasteiger partial charge is 0.0622 e. The standard InChI is InChI=1S/C43H26/c1-3-11-27(12-4-1)39-32-17-7-8-18-33(32)40(28-13-5-2-6-14-28)43-36-24-23-35-31-20-10-16-26-15-9-19-30(38(26)31)34-22-21-29(41(39)43)25-37(36)42(34)35/h1-24H,25H2. The van der Waals surface area contributed by atoms with Crippen molar-refractivity contribution in [2.24, 2.45) is 0 Å². The van der Waals surface area contributed by atoms with Crippen LogP contribution in [0.4, 0.5) is 0 Å². The van der Waals surface area contributed by atoms with Crippen LogP contribution in [-0.4, -0.2) is 0 Å². The molecule has 2 aliphatic rings. The van der Waals surface area contributed by atoms with E-state index in [1.807, 2.05) is 0 Å². The fourth-order valence-electron chi connectivity index (χ4n) is 8.14. The van der Waals surface area contributed by atoms with Crippen LogP contribution in [0.2, 0.25) is 0 Å². The van der Waals surface area contributed by atoms with Crippen LogP contribution < -0.4 is 5.22 Å². The number of allylic oxidation sites excluding steroid dienone is 2. The highest BCUT2D eigenvalue weighted by molar-refractivity contribution is 6.25. The summed E-state index contributed by atoms with van der Waals surface area (Å²) in [7, 11) is 0. The van der Waals surface area contributed by atoms with Gasteiger partial charge in [-0.3, -0.25) is 0 Å². The van der Waals surface area contributed by atoms with Crippen molar-refractivity contribution in [1.29, 1.82) is 0 Å². The van der Waals surface area contributed by atoms with Gasteiger partial charge in [-0.2, -0.15) is 0 Å². The van der Waals surface area contributed by atoms with Gasteiger partial charge >= 0.3 is 0 Å². The summed E-state index contributed by atoms with van der Waals surface area (Å²) < 4.78 is 0. The van der Waals surface area contributed by atoms with Crippen LogP contribution in [0, 0.1) is 0 Å². The van der Waals surface area contributed by atoms with E-state index in [0.29, 0.717) is 0 Å². The number of hydrogen-bond acceptors (Lipinski definition) is 0. The zero-order valence-corrected chi connectivity index (χ0v) is 23.6. The molecule has 0 unspecified atom stereocenters. The molecule has 10 rings (SSSR count). The molecule has 0 spiro atoms. The van der Waals surface area contributed by atoms with E-state index in [-0.39, 0.29) is 0 Å². The highest BCUT2D eigenvalue weighted by Crippen LogP contribution is 2.54. The lowest BCUT2D eigenvalue weighted by molar-refractivity contribution is 1.28. The Balaban J connectivity index is 1.48. The van der Waals surface area contributed by atoms with E-state index < -0.39 is 0 Å². The van der Waals surface area contributed by atoms with Crippen molar-refractivity contribution in [2.75, 3.05) is 0 Å². The van der Waals surface area contributed by atoms with E-state index >= 15 is 0 Å². The molecule has 0 radical (unpaired) electrons. The lowest BCUT2D eigenvalue weighted by Gasteiger charge is -2.30. The molecule has 198 valence electrons. The summed E-state index contributed by atoms with van der Waals surface area (Å²) in [6.07, 6.45) is 5.78. The Hall–Kier alpha value is -5.46. The topological polar surface area (TPSA) is 0 Å². The predicted molar refractivity (Wildman–Crippen MR) is 184 cm³/mol. The minimum absolute atomic E-state index is 0.927. The SMILES string of the molecule is C1=C2Cc3c(ccc4c3c(c3cccc5cccc4c53)=C1)-c1c2c(-c2ccccc2)c2ccccc2c1-c1ccccc1. The lowest BCUT2D eigenvalue weighted by Crippen LogP contribution is -2.11. The first-order valence-corrected chi connectivity index (χ1v) is 15.2. The molecule has 0 N–H and O–H groups in total. The zero-order valence-electron chi connectivity index (χ0n) is 23.6. The maximum atomic E-state index is 2.43. The molecule has 0 amide bonds. The molecule has 8 aromatic rings. The lowest BCUT2D eigenvalue weighted by atomic mass is 9.72. The first kappa shape index (κ1) is 23.1. The van der Waals surface area contributed by atoms with Crippen molar-refractivity contribution in [2.45, 2.75) is 6.42 Å². The van der Waals surface area contributed by atoms with Gasteiger partial charge in [0, 0.05) is 0 Å². The van der Waals surface area contributed by atoms with Crippen LogP contribution in [-0.2, 0) is 6.42 Å². The van der Waals surface area contributed by atoms with Crippen LogP contribution in [0.5, 0.6) is 0 Å². The third-order valence-corrected chi connectivity index (χ3v) is 9.82. The smallest absolute Gasteiger partial charge is 0.000682 e. The molecule has 0 fully saturated rings. The van der Waals surface area contributed by atoms with E-state index in [2.05, 4.69) is 146 Å². The Morgan fingerprint density at radius 2 is 0.953 bits per heavy atom. The van der Waals surface area contributed by atoms with E-state index in [0.717, 1.165) is 6.42 Å². The summed E-state index contributed by atoms with van der Waals surface area (Å²) in [5.41, 5.74) is 12.2. The third-order valence-electron chi connectivity index (χ3n) is 9.82.